The summed E-state index contributed by atoms with van der Waals surface area (Å²) < 4.78 is 0. The van der Waals surface area contributed by atoms with Gasteiger partial charge in [0.1, 0.15) is 0 Å². The molecule has 0 bridgehead atoms. The first-order valence-corrected chi connectivity index (χ1v) is 12.7. The van der Waals surface area contributed by atoms with Crippen molar-refractivity contribution in [3.8, 4) is 0 Å². The molecule has 0 amide bonds. The maximum atomic E-state index is 8.19. The summed E-state index contributed by atoms with van der Waals surface area (Å²) in [5.74, 6) is 0. The minimum Gasteiger partial charge on any atom is -0.435 e. The van der Waals surface area contributed by atoms with Crippen LogP contribution < -0.4 is 0 Å². The van der Waals surface area contributed by atoms with Crippen molar-refractivity contribution in [3.05, 3.63) is 0 Å². The zero-order chi connectivity index (χ0) is 10.7. The lowest BCUT2D eigenvalue weighted by atomic mass is 11.9. The van der Waals surface area contributed by atoms with E-state index < -0.39 is 27.1 Å². The molecule has 3 nitrogen and oxygen atoms in total. The summed E-state index contributed by atoms with van der Waals surface area (Å²) in [6.07, 6.45) is 0. The summed E-state index contributed by atoms with van der Waals surface area (Å²) in [7, 11) is -3.42. The highest BCUT2D eigenvalue weighted by molar-refractivity contribution is 6.47. The Labute approximate surface area is 81.3 Å². The first-order valence-electron chi connectivity index (χ1n) is 4.24. The van der Waals surface area contributed by atoms with Gasteiger partial charge in [0.25, 0.3) is 0 Å². The molecule has 78 valence electrons. The molecule has 0 atom stereocenters. The molecule has 12 heavy (non-hydrogen) atoms. The second-order valence-electron chi connectivity index (χ2n) is 3.28. The molecule has 0 aromatic carbocycles. The zero-order valence-corrected chi connectivity index (χ0v) is 12.5. The van der Waals surface area contributed by atoms with Gasteiger partial charge in [0.15, 0.2) is 27.1 Å². The molecule has 6 heteroatoms. The van der Waals surface area contributed by atoms with Crippen LogP contribution in [0, 0.1) is 0 Å². The Balaban J connectivity index is -0.000000101. The van der Waals surface area contributed by atoms with Gasteiger partial charge in [-0.3, -0.25) is 0 Å². The van der Waals surface area contributed by atoms with Crippen LogP contribution in [-0.4, -0.2) is 41.5 Å². The maximum absolute atomic E-state index is 8.19. The number of hydrogen-bond acceptors (Lipinski definition) is 3. The molecule has 0 saturated carbocycles. The highest BCUT2D eigenvalue weighted by Gasteiger charge is 1.75. The summed E-state index contributed by atoms with van der Waals surface area (Å²) >= 11 is 0. The van der Waals surface area contributed by atoms with Crippen LogP contribution in [0.25, 0.3) is 0 Å². The summed E-state index contributed by atoms with van der Waals surface area (Å²) in [5, 5.41) is 0. The standard InChI is InChI=1S/3C2H8OSi/c3*1-4(2)3/h3*3-4H,1-2H3. The van der Waals surface area contributed by atoms with E-state index in [2.05, 4.69) is 0 Å². The van der Waals surface area contributed by atoms with Gasteiger partial charge in [0.2, 0.25) is 0 Å². The van der Waals surface area contributed by atoms with Gasteiger partial charge in [-0.15, -0.1) is 0 Å². The zero-order valence-electron chi connectivity index (χ0n) is 9.07. The van der Waals surface area contributed by atoms with E-state index >= 15 is 0 Å². The smallest absolute Gasteiger partial charge is 0.166 e. The predicted octanol–water partition coefficient (Wildman–Crippen LogP) is -0.114. The highest BCUT2D eigenvalue weighted by Crippen LogP contribution is 1.61. The number of hydrogen-bond donors (Lipinski definition) is 3. The van der Waals surface area contributed by atoms with E-state index in [1.165, 1.54) is 0 Å². The molecule has 0 unspecified atom stereocenters. The third-order valence-corrected chi connectivity index (χ3v) is 0. The quantitative estimate of drug-likeness (QED) is 0.507. The Morgan fingerprint density at radius 3 is 0.500 bits per heavy atom. The molecule has 0 spiro atoms. The molecule has 0 rings (SSSR count). The molecule has 0 aliphatic rings. The Morgan fingerprint density at radius 2 is 0.500 bits per heavy atom. The van der Waals surface area contributed by atoms with E-state index in [1.807, 2.05) is 39.3 Å². The Kier molecular flexibility index (Phi) is 21.5. The normalized spacial score (nSPS) is 9.00. The largest absolute Gasteiger partial charge is 0.435 e. The van der Waals surface area contributed by atoms with Gasteiger partial charge in [-0.2, -0.15) is 0 Å². The highest BCUT2D eigenvalue weighted by atomic mass is 28.3. The molecule has 0 radical (unpaired) electrons. The fourth-order valence-electron chi connectivity index (χ4n) is 0. The van der Waals surface area contributed by atoms with Gasteiger partial charge in [-0.05, 0) is 39.3 Å². The molecule has 0 aliphatic heterocycles. The second kappa shape index (κ2) is 14.1. The van der Waals surface area contributed by atoms with Crippen molar-refractivity contribution in [1.29, 1.82) is 0 Å². The van der Waals surface area contributed by atoms with Crippen molar-refractivity contribution in [1.82, 2.24) is 0 Å². The van der Waals surface area contributed by atoms with Crippen LogP contribution in [0.4, 0.5) is 0 Å². The monoisotopic (exact) mass is 228 g/mol. The van der Waals surface area contributed by atoms with Crippen LogP contribution in [-0.2, 0) is 0 Å². The Bertz CT molecular complexity index is 46.5. The summed E-state index contributed by atoms with van der Waals surface area (Å²) in [4.78, 5) is 24.6. The average molecular weight is 229 g/mol. The van der Waals surface area contributed by atoms with Gasteiger partial charge in [-0.25, -0.2) is 0 Å². The fourth-order valence-corrected chi connectivity index (χ4v) is 0. The lowest BCUT2D eigenvalue weighted by molar-refractivity contribution is 0.586. The van der Waals surface area contributed by atoms with E-state index in [1.54, 1.807) is 0 Å². The van der Waals surface area contributed by atoms with E-state index in [-0.39, 0.29) is 0 Å². The Hall–Kier alpha value is 0.531. The van der Waals surface area contributed by atoms with Crippen LogP contribution in [0.2, 0.25) is 39.3 Å². The topological polar surface area (TPSA) is 60.7 Å². The summed E-state index contributed by atoms with van der Waals surface area (Å²) in [6, 6.07) is 0. The summed E-state index contributed by atoms with van der Waals surface area (Å²) in [5.41, 5.74) is 0. The Morgan fingerprint density at radius 1 is 0.500 bits per heavy atom. The van der Waals surface area contributed by atoms with Crippen LogP contribution >= 0.6 is 0 Å². The molecule has 0 heterocycles. The molecule has 0 fully saturated rings. The fraction of sp³-hybridized carbons (Fsp3) is 1.00. The molecular weight excluding hydrogens is 204 g/mol. The van der Waals surface area contributed by atoms with Crippen LogP contribution in [0.1, 0.15) is 0 Å². The third kappa shape index (κ3) is 3400. The lowest BCUT2D eigenvalue weighted by Gasteiger charge is -1.76. The van der Waals surface area contributed by atoms with Crippen molar-refractivity contribution >= 4 is 27.1 Å². The van der Waals surface area contributed by atoms with E-state index in [0.717, 1.165) is 0 Å². The predicted molar refractivity (Wildman–Crippen MR) is 63.3 cm³/mol. The van der Waals surface area contributed by atoms with Crippen LogP contribution in [0.3, 0.4) is 0 Å². The van der Waals surface area contributed by atoms with Gasteiger partial charge in [0.05, 0.1) is 0 Å². The summed E-state index contributed by atoms with van der Waals surface area (Å²) in [6.45, 7) is 11.2. The van der Waals surface area contributed by atoms with Crippen molar-refractivity contribution in [2.24, 2.45) is 0 Å². The van der Waals surface area contributed by atoms with E-state index in [0.29, 0.717) is 0 Å². The minimum atomic E-state index is -1.14. The van der Waals surface area contributed by atoms with Crippen LogP contribution in [0.5, 0.6) is 0 Å². The van der Waals surface area contributed by atoms with Crippen molar-refractivity contribution in [2.75, 3.05) is 0 Å². The van der Waals surface area contributed by atoms with E-state index in [4.69, 9.17) is 14.4 Å². The van der Waals surface area contributed by atoms with Crippen molar-refractivity contribution < 1.29 is 14.4 Å². The second-order valence-corrected chi connectivity index (χ2v) is 9.84. The maximum Gasteiger partial charge on any atom is 0.166 e. The first-order chi connectivity index (χ1) is 5.20. The van der Waals surface area contributed by atoms with Gasteiger partial charge in [-0.1, -0.05) is 0 Å². The van der Waals surface area contributed by atoms with Crippen molar-refractivity contribution in [3.63, 3.8) is 0 Å². The van der Waals surface area contributed by atoms with Gasteiger partial charge >= 0.3 is 0 Å². The third-order valence-electron chi connectivity index (χ3n) is 0. The SMILES string of the molecule is C[SiH](C)O.C[SiH](C)O.C[SiH](C)O. The lowest BCUT2D eigenvalue weighted by Crippen LogP contribution is -1.93. The van der Waals surface area contributed by atoms with Crippen molar-refractivity contribution in [2.45, 2.75) is 39.3 Å². The molecule has 0 aromatic heterocycles. The first kappa shape index (κ1) is 18.3. The number of rotatable bonds is 0. The molecule has 3 N–H and O–H groups in total. The average Bonchev–Trinajstić information content (AvgIpc) is 1.54. The van der Waals surface area contributed by atoms with Gasteiger partial charge < -0.3 is 14.4 Å². The molecule has 0 aromatic rings. The van der Waals surface area contributed by atoms with E-state index in [9.17, 15) is 0 Å². The molecule has 0 saturated heterocycles. The van der Waals surface area contributed by atoms with Crippen LogP contribution in [0.15, 0.2) is 0 Å². The van der Waals surface area contributed by atoms with Gasteiger partial charge in [0, 0.05) is 0 Å². The molecular formula is C6H24O3Si3. The molecule has 0 aliphatic carbocycles. The minimum absolute atomic E-state index is 1.14.